The number of hydrogen-bond donors (Lipinski definition) is 3. The van der Waals surface area contributed by atoms with Gasteiger partial charge >= 0.3 is 0 Å². The highest BCUT2D eigenvalue weighted by atomic mass is 14.9. The average molecular weight is 243 g/mol. The van der Waals surface area contributed by atoms with Gasteiger partial charge in [-0.3, -0.25) is 0 Å². The Morgan fingerprint density at radius 2 is 0.941 bits per heavy atom. The van der Waals surface area contributed by atoms with E-state index in [9.17, 15) is 0 Å². The van der Waals surface area contributed by atoms with Crippen LogP contribution in [-0.2, 0) is 0 Å². The summed E-state index contributed by atoms with van der Waals surface area (Å²) in [6, 6.07) is 0. The van der Waals surface area contributed by atoms with Crippen molar-refractivity contribution < 1.29 is 0 Å². The molecule has 0 fully saturated rings. The number of nitrogens with two attached hydrogens (primary N) is 2. The van der Waals surface area contributed by atoms with Gasteiger partial charge in [0.05, 0.1) is 0 Å². The Balaban J connectivity index is 2.85. The summed E-state index contributed by atoms with van der Waals surface area (Å²) >= 11 is 0. The monoisotopic (exact) mass is 243 g/mol. The summed E-state index contributed by atoms with van der Waals surface area (Å²) < 4.78 is 0. The van der Waals surface area contributed by atoms with Gasteiger partial charge in [-0.15, -0.1) is 0 Å². The average Bonchev–Trinajstić information content (AvgIpc) is 2.35. The third kappa shape index (κ3) is 15.9. The van der Waals surface area contributed by atoms with Crippen molar-refractivity contribution in [2.75, 3.05) is 19.8 Å². The van der Waals surface area contributed by atoms with Crippen molar-refractivity contribution >= 4 is 0 Å². The first-order valence-electron chi connectivity index (χ1n) is 7.52. The van der Waals surface area contributed by atoms with Crippen molar-refractivity contribution in [2.24, 2.45) is 11.5 Å². The fraction of sp³-hybridized carbons (Fsp3) is 1.00. The SMILES string of the molecule is NCCCCCCCCCCCCCNCN. The molecule has 0 unspecified atom stereocenters. The first-order valence-corrected chi connectivity index (χ1v) is 7.52. The minimum Gasteiger partial charge on any atom is -0.330 e. The van der Waals surface area contributed by atoms with E-state index in [4.69, 9.17) is 11.5 Å². The van der Waals surface area contributed by atoms with Gasteiger partial charge in [0.2, 0.25) is 0 Å². The van der Waals surface area contributed by atoms with Gasteiger partial charge in [-0.25, -0.2) is 0 Å². The maximum absolute atomic E-state index is 5.46. The van der Waals surface area contributed by atoms with Gasteiger partial charge in [-0.2, -0.15) is 0 Å². The van der Waals surface area contributed by atoms with E-state index in [2.05, 4.69) is 5.32 Å². The summed E-state index contributed by atoms with van der Waals surface area (Å²) in [5, 5.41) is 3.15. The molecule has 0 rings (SSSR count). The van der Waals surface area contributed by atoms with Crippen LogP contribution >= 0.6 is 0 Å². The number of rotatable bonds is 14. The predicted octanol–water partition coefficient (Wildman–Crippen LogP) is 2.74. The summed E-state index contributed by atoms with van der Waals surface area (Å²) in [6.07, 6.45) is 15.0. The topological polar surface area (TPSA) is 64.1 Å². The van der Waals surface area contributed by atoms with E-state index in [1.165, 1.54) is 70.6 Å². The lowest BCUT2D eigenvalue weighted by Crippen LogP contribution is -2.23. The van der Waals surface area contributed by atoms with Crippen LogP contribution in [0.1, 0.15) is 70.6 Å². The fourth-order valence-corrected chi connectivity index (χ4v) is 2.09. The second-order valence-electron chi connectivity index (χ2n) is 4.88. The molecule has 0 aromatic carbocycles. The first kappa shape index (κ1) is 16.9. The standard InChI is InChI=1S/C14H33N3/c15-12-10-8-6-4-2-1-3-5-7-9-11-13-17-14-16/h17H,1-16H2. The first-order chi connectivity index (χ1) is 8.41. The molecule has 0 radical (unpaired) electrons. The van der Waals surface area contributed by atoms with Gasteiger partial charge in [-0.05, 0) is 25.9 Å². The highest BCUT2D eigenvalue weighted by Gasteiger charge is 1.93. The number of hydrogen-bond acceptors (Lipinski definition) is 3. The van der Waals surface area contributed by atoms with Crippen LogP contribution < -0.4 is 16.8 Å². The molecule has 3 nitrogen and oxygen atoms in total. The van der Waals surface area contributed by atoms with Crippen molar-refractivity contribution in [1.82, 2.24) is 5.32 Å². The van der Waals surface area contributed by atoms with E-state index in [1.807, 2.05) is 0 Å². The third-order valence-electron chi connectivity index (χ3n) is 3.20. The zero-order valence-corrected chi connectivity index (χ0v) is 11.6. The molecule has 0 aliphatic heterocycles. The van der Waals surface area contributed by atoms with E-state index < -0.39 is 0 Å². The lowest BCUT2D eigenvalue weighted by atomic mass is 10.1. The molecular weight excluding hydrogens is 210 g/mol. The summed E-state index contributed by atoms with van der Waals surface area (Å²) in [6.45, 7) is 2.56. The second-order valence-corrected chi connectivity index (χ2v) is 4.88. The van der Waals surface area contributed by atoms with E-state index >= 15 is 0 Å². The Hall–Kier alpha value is -0.120. The Labute approximate surface area is 108 Å². The predicted molar refractivity (Wildman–Crippen MR) is 76.9 cm³/mol. The molecule has 0 saturated carbocycles. The van der Waals surface area contributed by atoms with Crippen LogP contribution in [0.4, 0.5) is 0 Å². The Kier molecular flexibility index (Phi) is 15.8. The molecule has 0 aliphatic rings. The van der Waals surface area contributed by atoms with Crippen molar-refractivity contribution in [3.05, 3.63) is 0 Å². The van der Waals surface area contributed by atoms with Gasteiger partial charge in [-0.1, -0.05) is 57.8 Å². The molecule has 0 heterocycles. The smallest absolute Gasteiger partial charge is 0.0428 e. The minimum atomic E-state index is 0.615. The Morgan fingerprint density at radius 1 is 0.529 bits per heavy atom. The van der Waals surface area contributed by atoms with Crippen LogP contribution in [0.3, 0.4) is 0 Å². The van der Waals surface area contributed by atoms with Crippen LogP contribution in [0.2, 0.25) is 0 Å². The molecule has 0 saturated heterocycles. The highest BCUT2D eigenvalue weighted by Crippen LogP contribution is 2.10. The van der Waals surface area contributed by atoms with Crippen LogP contribution in [0.25, 0.3) is 0 Å². The third-order valence-corrected chi connectivity index (χ3v) is 3.20. The van der Waals surface area contributed by atoms with E-state index in [0.717, 1.165) is 13.1 Å². The van der Waals surface area contributed by atoms with Crippen molar-refractivity contribution in [3.8, 4) is 0 Å². The number of unbranched alkanes of at least 4 members (excludes halogenated alkanes) is 10. The molecule has 0 bridgehead atoms. The maximum Gasteiger partial charge on any atom is 0.0428 e. The molecule has 5 N–H and O–H groups in total. The zero-order chi connectivity index (χ0) is 12.6. The van der Waals surface area contributed by atoms with E-state index in [-0.39, 0.29) is 0 Å². The lowest BCUT2D eigenvalue weighted by molar-refractivity contribution is 0.539. The molecular formula is C14H33N3. The summed E-state index contributed by atoms with van der Waals surface area (Å²) in [7, 11) is 0. The highest BCUT2D eigenvalue weighted by molar-refractivity contribution is 4.50. The molecule has 0 atom stereocenters. The quantitative estimate of drug-likeness (QED) is 0.325. The van der Waals surface area contributed by atoms with Gasteiger partial charge in [0, 0.05) is 6.67 Å². The molecule has 0 amide bonds. The van der Waals surface area contributed by atoms with E-state index in [0.29, 0.717) is 6.67 Å². The van der Waals surface area contributed by atoms with Crippen molar-refractivity contribution in [2.45, 2.75) is 70.6 Å². The Morgan fingerprint density at radius 3 is 1.35 bits per heavy atom. The lowest BCUT2D eigenvalue weighted by Gasteiger charge is -2.03. The van der Waals surface area contributed by atoms with E-state index in [1.54, 1.807) is 0 Å². The second kappa shape index (κ2) is 15.9. The minimum absolute atomic E-state index is 0.615. The van der Waals surface area contributed by atoms with Gasteiger partial charge < -0.3 is 16.8 Å². The molecule has 104 valence electrons. The largest absolute Gasteiger partial charge is 0.330 e. The van der Waals surface area contributed by atoms with Crippen LogP contribution in [0, 0.1) is 0 Å². The molecule has 0 aromatic heterocycles. The van der Waals surface area contributed by atoms with Crippen LogP contribution in [0.5, 0.6) is 0 Å². The summed E-state index contributed by atoms with van der Waals surface area (Å²) in [5.41, 5.74) is 10.8. The van der Waals surface area contributed by atoms with Gasteiger partial charge in [0.15, 0.2) is 0 Å². The molecule has 17 heavy (non-hydrogen) atoms. The zero-order valence-electron chi connectivity index (χ0n) is 11.6. The van der Waals surface area contributed by atoms with Crippen LogP contribution in [0.15, 0.2) is 0 Å². The van der Waals surface area contributed by atoms with Gasteiger partial charge in [0.1, 0.15) is 0 Å². The fourth-order valence-electron chi connectivity index (χ4n) is 2.09. The van der Waals surface area contributed by atoms with Crippen molar-refractivity contribution in [3.63, 3.8) is 0 Å². The van der Waals surface area contributed by atoms with Gasteiger partial charge in [0.25, 0.3) is 0 Å². The summed E-state index contributed by atoms with van der Waals surface area (Å²) in [5.74, 6) is 0. The molecule has 0 aliphatic carbocycles. The van der Waals surface area contributed by atoms with Crippen LogP contribution in [-0.4, -0.2) is 19.8 Å². The summed E-state index contributed by atoms with van der Waals surface area (Å²) in [4.78, 5) is 0. The normalized spacial score (nSPS) is 10.9. The Bertz CT molecular complexity index is 115. The van der Waals surface area contributed by atoms with Crippen molar-refractivity contribution in [1.29, 1.82) is 0 Å². The number of nitrogens with one attached hydrogen (secondary N) is 1. The molecule has 3 heteroatoms. The molecule has 0 aromatic rings. The maximum atomic E-state index is 5.46. The molecule has 0 spiro atoms.